The van der Waals surface area contributed by atoms with Crippen LogP contribution in [0.3, 0.4) is 0 Å². The fraction of sp³-hybridized carbons (Fsp3) is 1.00. The number of rotatable bonds is 0. The molecule has 2 aliphatic rings. The molecule has 0 aromatic rings. The highest BCUT2D eigenvalue weighted by Crippen LogP contribution is 2.44. The molecule has 0 amide bonds. The molecule has 58 valence electrons. The molecule has 2 bridgehead atoms. The summed E-state index contributed by atoms with van der Waals surface area (Å²) in [5, 5.41) is 0. The first-order valence-electron chi connectivity index (χ1n) is 4.20. The molecule has 2 fully saturated rings. The normalized spacial score (nSPS) is 53.4. The minimum absolute atomic E-state index is 0.132. The number of hydrogen-bond donors (Lipinski definition) is 2. The van der Waals surface area contributed by atoms with Crippen LogP contribution in [-0.4, -0.2) is 11.1 Å². The second-order valence-electron chi connectivity index (χ2n) is 4.26. The van der Waals surface area contributed by atoms with Crippen molar-refractivity contribution in [3.8, 4) is 0 Å². The van der Waals surface area contributed by atoms with E-state index in [-0.39, 0.29) is 11.1 Å². The third-order valence-corrected chi connectivity index (χ3v) is 3.17. The molecule has 2 heteroatoms. The molecule has 2 atom stereocenters. The van der Waals surface area contributed by atoms with Gasteiger partial charge in [-0.15, -0.1) is 0 Å². The van der Waals surface area contributed by atoms with Gasteiger partial charge in [0.25, 0.3) is 0 Å². The Morgan fingerprint density at radius 1 is 0.800 bits per heavy atom. The van der Waals surface area contributed by atoms with E-state index in [9.17, 15) is 0 Å². The van der Waals surface area contributed by atoms with Crippen molar-refractivity contribution in [2.45, 2.75) is 49.6 Å². The van der Waals surface area contributed by atoms with Gasteiger partial charge in [-0.25, -0.2) is 0 Å². The van der Waals surface area contributed by atoms with E-state index in [1.165, 1.54) is 19.3 Å². The zero-order valence-corrected chi connectivity index (χ0v) is 6.40. The van der Waals surface area contributed by atoms with E-state index in [1.54, 1.807) is 0 Å². The molecular weight excluding hydrogens is 124 g/mol. The molecule has 2 saturated carbocycles. The molecule has 2 rings (SSSR count). The smallest absolute Gasteiger partial charge is 0.0172 e. The van der Waals surface area contributed by atoms with Gasteiger partial charge >= 0.3 is 0 Å². The SMILES string of the molecule is N[C@]12CCC[C@](N)(CC1)C2. The van der Waals surface area contributed by atoms with Crippen LogP contribution >= 0.6 is 0 Å². The van der Waals surface area contributed by atoms with Crippen LogP contribution in [0.25, 0.3) is 0 Å². The lowest BCUT2D eigenvalue weighted by Crippen LogP contribution is -2.47. The maximum absolute atomic E-state index is 6.11. The van der Waals surface area contributed by atoms with Crippen LogP contribution in [0.5, 0.6) is 0 Å². The highest BCUT2D eigenvalue weighted by molar-refractivity contribution is 5.07. The fourth-order valence-corrected chi connectivity index (χ4v) is 2.60. The van der Waals surface area contributed by atoms with Crippen LogP contribution in [-0.2, 0) is 0 Å². The van der Waals surface area contributed by atoms with Gasteiger partial charge in [0.2, 0.25) is 0 Å². The van der Waals surface area contributed by atoms with Crippen molar-refractivity contribution in [2.24, 2.45) is 11.5 Å². The lowest BCUT2D eigenvalue weighted by atomic mass is 9.80. The largest absolute Gasteiger partial charge is 0.325 e. The van der Waals surface area contributed by atoms with E-state index >= 15 is 0 Å². The first-order valence-corrected chi connectivity index (χ1v) is 4.20. The Hall–Kier alpha value is -0.0800. The predicted molar refractivity (Wildman–Crippen MR) is 41.5 cm³/mol. The maximum atomic E-state index is 6.11. The summed E-state index contributed by atoms with van der Waals surface area (Å²) in [5.74, 6) is 0. The first kappa shape index (κ1) is 6.62. The van der Waals surface area contributed by atoms with Gasteiger partial charge in [0.1, 0.15) is 0 Å². The third kappa shape index (κ3) is 0.867. The van der Waals surface area contributed by atoms with Crippen molar-refractivity contribution in [3.05, 3.63) is 0 Å². The summed E-state index contributed by atoms with van der Waals surface area (Å²) in [5.41, 5.74) is 12.5. The summed E-state index contributed by atoms with van der Waals surface area (Å²) >= 11 is 0. The van der Waals surface area contributed by atoms with E-state index in [0.717, 1.165) is 19.3 Å². The molecule has 0 spiro atoms. The first-order chi connectivity index (χ1) is 4.62. The number of nitrogens with two attached hydrogens (primary N) is 2. The Labute approximate surface area is 62.0 Å². The average Bonchev–Trinajstić information content (AvgIpc) is 2.03. The van der Waals surface area contributed by atoms with Crippen LogP contribution in [0.15, 0.2) is 0 Å². The summed E-state index contributed by atoms with van der Waals surface area (Å²) in [6.07, 6.45) is 7.03. The van der Waals surface area contributed by atoms with Gasteiger partial charge < -0.3 is 11.5 Å². The number of hydrogen-bond acceptors (Lipinski definition) is 2. The zero-order valence-electron chi connectivity index (χ0n) is 6.40. The molecule has 0 heterocycles. The van der Waals surface area contributed by atoms with Crippen LogP contribution in [0.2, 0.25) is 0 Å². The van der Waals surface area contributed by atoms with Crippen molar-refractivity contribution >= 4 is 0 Å². The average molecular weight is 140 g/mol. The molecular formula is C8H16N2. The van der Waals surface area contributed by atoms with E-state index in [0.29, 0.717) is 0 Å². The molecule has 0 radical (unpaired) electrons. The van der Waals surface area contributed by atoms with Crippen molar-refractivity contribution in [1.29, 1.82) is 0 Å². The van der Waals surface area contributed by atoms with Crippen LogP contribution in [0.4, 0.5) is 0 Å². The predicted octanol–water partition coefficient (Wildman–Crippen LogP) is 0.749. The monoisotopic (exact) mass is 140 g/mol. The van der Waals surface area contributed by atoms with Crippen molar-refractivity contribution in [1.82, 2.24) is 0 Å². The summed E-state index contributed by atoms with van der Waals surface area (Å²) < 4.78 is 0. The van der Waals surface area contributed by atoms with E-state index < -0.39 is 0 Å². The fourth-order valence-electron chi connectivity index (χ4n) is 2.60. The minimum atomic E-state index is 0.132. The van der Waals surface area contributed by atoms with Gasteiger partial charge in [-0.1, -0.05) is 0 Å². The lowest BCUT2D eigenvalue weighted by molar-refractivity contribution is 0.274. The molecule has 2 aliphatic carbocycles. The van der Waals surface area contributed by atoms with Gasteiger partial charge in [0.15, 0.2) is 0 Å². The Bertz CT molecular complexity index is 141. The lowest BCUT2D eigenvalue weighted by Gasteiger charge is -2.34. The highest BCUT2D eigenvalue weighted by Gasteiger charge is 2.46. The van der Waals surface area contributed by atoms with E-state index in [1.807, 2.05) is 0 Å². The molecule has 10 heavy (non-hydrogen) atoms. The minimum Gasteiger partial charge on any atom is -0.325 e. The van der Waals surface area contributed by atoms with Crippen molar-refractivity contribution in [3.63, 3.8) is 0 Å². The van der Waals surface area contributed by atoms with E-state index in [2.05, 4.69) is 0 Å². The summed E-state index contributed by atoms with van der Waals surface area (Å²) in [6.45, 7) is 0. The Morgan fingerprint density at radius 3 is 1.70 bits per heavy atom. The summed E-state index contributed by atoms with van der Waals surface area (Å²) in [7, 11) is 0. The van der Waals surface area contributed by atoms with Gasteiger partial charge in [-0.2, -0.15) is 0 Å². The van der Waals surface area contributed by atoms with Gasteiger partial charge in [-0.05, 0) is 38.5 Å². The molecule has 0 aromatic heterocycles. The van der Waals surface area contributed by atoms with Crippen LogP contribution < -0.4 is 11.5 Å². The topological polar surface area (TPSA) is 52.0 Å². The van der Waals surface area contributed by atoms with Gasteiger partial charge in [0, 0.05) is 11.1 Å². The molecule has 0 aromatic carbocycles. The summed E-state index contributed by atoms with van der Waals surface area (Å²) in [4.78, 5) is 0. The molecule has 2 nitrogen and oxygen atoms in total. The standard InChI is InChI=1S/C8H16N2/c9-7-2-1-3-8(10,6-7)5-4-7/h1-6,9-10H2/t7-,8+. The molecule has 4 N–H and O–H groups in total. The maximum Gasteiger partial charge on any atom is 0.0172 e. The Morgan fingerprint density at radius 2 is 1.30 bits per heavy atom. The Balaban J connectivity index is 2.20. The molecule has 0 saturated heterocycles. The second-order valence-corrected chi connectivity index (χ2v) is 4.26. The second kappa shape index (κ2) is 1.74. The van der Waals surface area contributed by atoms with Gasteiger partial charge in [0.05, 0.1) is 0 Å². The zero-order chi connectivity index (χ0) is 7.24. The summed E-state index contributed by atoms with van der Waals surface area (Å²) in [6, 6.07) is 0. The van der Waals surface area contributed by atoms with Crippen molar-refractivity contribution in [2.75, 3.05) is 0 Å². The molecule has 0 aliphatic heterocycles. The van der Waals surface area contributed by atoms with Crippen LogP contribution in [0, 0.1) is 0 Å². The quantitative estimate of drug-likeness (QED) is 0.521. The highest BCUT2D eigenvalue weighted by atomic mass is 14.9. The number of fused-ring (bicyclic) bond motifs is 2. The molecule has 0 unspecified atom stereocenters. The third-order valence-electron chi connectivity index (χ3n) is 3.17. The van der Waals surface area contributed by atoms with E-state index in [4.69, 9.17) is 11.5 Å². The Kier molecular flexibility index (Phi) is 1.15. The van der Waals surface area contributed by atoms with Gasteiger partial charge in [-0.3, -0.25) is 0 Å². The van der Waals surface area contributed by atoms with Crippen molar-refractivity contribution < 1.29 is 0 Å². The van der Waals surface area contributed by atoms with Crippen LogP contribution in [0.1, 0.15) is 38.5 Å².